The molecule has 2 aliphatic heterocycles. The molecule has 2 aliphatic rings. The van der Waals surface area contributed by atoms with Gasteiger partial charge in [0.15, 0.2) is 0 Å². The van der Waals surface area contributed by atoms with E-state index in [0.717, 1.165) is 5.69 Å². The number of ether oxygens (including phenoxy) is 1. The molecule has 1 aromatic rings. The molecule has 7 nitrogen and oxygen atoms in total. The third-order valence-corrected chi connectivity index (χ3v) is 5.14. The van der Waals surface area contributed by atoms with Crippen LogP contribution >= 0.6 is 0 Å². The zero-order chi connectivity index (χ0) is 19.3. The number of rotatable bonds is 2. The van der Waals surface area contributed by atoms with Crippen LogP contribution in [0.2, 0.25) is 0 Å². The lowest BCUT2D eigenvalue weighted by molar-refractivity contribution is 0.00578. The van der Waals surface area contributed by atoms with Crippen LogP contribution in [0.15, 0.2) is 12.4 Å². The molecular formula is C18H28BN3O4. The van der Waals surface area contributed by atoms with Crippen molar-refractivity contribution < 1.29 is 18.8 Å². The van der Waals surface area contributed by atoms with Crippen LogP contribution in [0.25, 0.3) is 0 Å². The van der Waals surface area contributed by atoms with Crippen molar-refractivity contribution in [3.8, 4) is 0 Å². The fourth-order valence-electron chi connectivity index (χ4n) is 2.79. The lowest BCUT2D eigenvalue weighted by Gasteiger charge is -2.39. The molecule has 2 saturated heterocycles. The molecule has 26 heavy (non-hydrogen) atoms. The summed E-state index contributed by atoms with van der Waals surface area (Å²) in [4.78, 5) is 22.7. The summed E-state index contributed by atoms with van der Waals surface area (Å²) in [6.07, 6.45) is 3.17. The summed E-state index contributed by atoms with van der Waals surface area (Å²) in [5.41, 5.74) is 0.243. The van der Waals surface area contributed by atoms with E-state index in [1.807, 2.05) is 48.5 Å². The van der Waals surface area contributed by atoms with Gasteiger partial charge in [0.25, 0.3) is 0 Å². The van der Waals surface area contributed by atoms with E-state index in [4.69, 9.17) is 14.0 Å². The Morgan fingerprint density at radius 3 is 2.19 bits per heavy atom. The molecule has 0 unspecified atom stereocenters. The number of hydrogen-bond donors (Lipinski definition) is 0. The molecule has 8 heteroatoms. The van der Waals surface area contributed by atoms with Gasteiger partial charge >= 0.3 is 13.2 Å². The van der Waals surface area contributed by atoms with Gasteiger partial charge in [-0.05, 0) is 48.5 Å². The first-order chi connectivity index (χ1) is 11.9. The van der Waals surface area contributed by atoms with Crippen molar-refractivity contribution in [2.24, 2.45) is 0 Å². The highest BCUT2D eigenvalue weighted by atomic mass is 16.7. The third kappa shape index (κ3) is 3.71. The van der Waals surface area contributed by atoms with Crippen molar-refractivity contribution in [3.63, 3.8) is 0 Å². The van der Waals surface area contributed by atoms with Gasteiger partial charge in [-0.25, -0.2) is 4.79 Å². The van der Waals surface area contributed by atoms with Gasteiger partial charge in [0.05, 0.1) is 22.5 Å². The van der Waals surface area contributed by atoms with E-state index >= 15 is 0 Å². The second-order valence-electron chi connectivity index (χ2n) is 9.04. The Hall–Kier alpha value is -1.67. The van der Waals surface area contributed by atoms with Crippen molar-refractivity contribution >= 4 is 18.8 Å². The standard InChI is InChI=1S/C18H28BN3O4/c1-16(2,3)24-15(23)22-10-12(11-22)13-8-21-14(9-20-13)19-25-17(4,5)18(6,7)26-19/h8-9,12H,10-11H2,1-7H3. The van der Waals surface area contributed by atoms with E-state index in [2.05, 4.69) is 9.97 Å². The third-order valence-electron chi connectivity index (χ3n) is 5.14. The lowest BCUT2D eigenvalue weighted by atomic mass is 9.85. The molecule has 2 fully saturated rings. The molecule has 0 N–H and O–H groups in total. The second kappa shape index (κ2) is 6.20. The minimum Gasteiger partial charge on any atom is -0.444 e. The molecule has 0 atom stereocenters. The summed E-state index contributed by atoms with van der Waals surface area (Å²) in [5, 5.41) is 0. The molecule has 0 saturated carbocycles. The van der Waals surface area contributed by atoms with E-state index in [0.29, 0.717) is 18.7 Å². The SMILES string of the molecule is CC(C)(C)OC(=O)N1CC(c2cnc(B3OC(C)(C)C(C)(C)O3)cn2)C1. The van der Waals surface area contributed by atoms with E-state index in [9.17, 15) is 4.79 Å². The Labute approximate surface area is 155 Å². The molecule has 0 aliphatic carbocycles. The number of carbonyl (C=O) groups excluding carboxylic acids is 1. The fraction of sp³-hybridized carbons (Fsp3) is 0.722. The molecule has 1 aromatic heterocycles. The zero-order valence-corrected chi connectivity index (χ0v) is 16.7. The van der Waals surface area contributed by atoms with Crippen LogP contribution in [0.5, 0.6) is 0 Å². The number of aromatic nitrogens is 2. The summed E-state index contributed by atoms with van der Waals surface area (Å²) in [6.45, 7) is 14.8. The average molecular weight is 361 g/mol. The Balaban J connectivity index is 1.58. The monoisotopic (exact) mass is 361 g/mol. The van der Waals surface area contributed by atoms with E-state index in [1.54, 1.807) is 17.3 Å². The normalized spacial score (nSPS) is 22.3. The number of likely N-dealkylation sites (tertiary alicyclic amines) is 1. The van der Waals surface area contributed by atoms with Gasteiger partial charge in [0, 0.05) is 31.4 Å². The predicted octanol–water partition coefficient (Wildman–Crippen LogP) is 2.11. The Morgan fingerprint density at radius 2 is 1.73 bits per heavy atom. The van der Waals surface area contributed by atoms with Gasteiger partial charge < -0.3 is 18.9 Å². The van der Waals surface area contributed by atoms with Gasteiger partial charge in [-0.3, -0.25) is 9.97 Å². The molecule has 0 spiro atoms. The molecule has 0 aromatic carbocycles. The fourth-order valence-corrected chi connectivity index (χ4v) is 2.79. The highest BCUT2D eigenvalue weighted by Gasteiger charge is 2.52. The summed E-state index contributed by atoms with van der Waals surface area (Å²) in [6, 6.07) is 0. The Kier molecular flexibility index (Phi) is 4.56. The van der Waals surface area contributed by atoms with Gasteiger partial charge in [-0.1, -0.05) is 0 Å². The number of nitrogens with zero attached hydrogens (tertiary/aromatic N) is 3. The minimum atomic E-state index is -0.513. The molecule has 3 rings (SSSR count). The maximum atomic E-state index is 12.0. The van der Waals surface area contributed by atoms with Crippen molar-refractivity contribution in [1.82, 2.24) is 14.9 Å². The van der Waals surface area contributed by atoms with Gasteiger partial charge in [-0.2, -0.15) is 0 Å². The maximum absolute atomic E-state index is 12.0. The molecule has 0 radical (unpaired) electrons. The summed E-state index contributed by atoms with van der Waals surface area (Å²) in [5.74, 6) is 0.183. The van der Waals surface area contributed by atoms with Crippen LogP contribution in [-0.2, 0) is 14.0 Å². The largest absolute Gasteiger partial charge is 0.516 e. The molecule has 0 bridgehead atoms. The Bertz CT molecular complexity index is 663. The van der Waals surface area contributed by atoms with Crippen LogP contribution in [0, 0.1) is 0 Å². The predicted molar refractivity (Wildman–Crippen MR) is 98.3 cm³/mol. The first-order valence-corrected chi connectivity index (χ1v) is 9.03. The summed E-state index contributed by atoms with van der Waals surface area (Å²) >= 11 is 0. The lowest BCUT2D eigenvalue weighted by Crippen LogP contribution is -2.50. The summed E-state index contributed by atoms with van der Waals surface area (Å²) < 4.78 is 17.4. The van der Waals surface area contributed by atoms with Gasteiger partial charge in [0.2, 0.25) is 0 Å². The molecular weight excluding hydrogens is 333 g/mol. The van der Waals surface area contributed by atoms with Crippen LogP contribution < -0.4 is 5.59 Å². The summed E-state index contributed by atoms with van der Waals surface area (Å²) in [7, 11) is -0.513. The first-order valence-electron chi connectivity index (χ1n) is 9.03. The highest BCUT2D eigenvalue weighted by Crippen LogP contribution is 2.36. The van der Waals surface area contributed by atoms with Crippen LogP contribution in [0.4, 0.5) is 4.79 Å². The van der Waals surface area contributed by atoms with Crippen molar-refractivity contribution in [2.75, 3.05) is 13.1 Å². The van der Waals surface area contributed by atoms with E-state index in [1.165, 1.54) is 0 Å². The van der Waals surface area contributed by atoms with Gasteiger partial charge in [0.1, 0.15) is 5.60 Å². The molecule has 142 valence electrons. The van der Waals surface area contributed by atoms with E-state index in [-0.39, 0.29) is 12.0 Å². The van der Waals surface area contributed by atoms with Crippen LogP contribution in [0.1, 0.15) is 60.1 Å². The number of hydrogen-bond acceptors (Lipinski definition) is 6. The average Bonchev–Trinajstić information content (AvgIpc) is 2.64. The van der Waals surface area contributed by atoms with E-state index < -0.39 is 23.9 Å². The minimum absolute atomic E-state index is 0.183. The topological polar surface area (TPSA) is 73.8 Å². The number of carbonyl (C=O) groups is 1. The molecule has 3 heterocycles. The van der Waals surface area contributed by atoms with Crippen molar-refractivity contribution in [2.45, 2.75) is 71.2 Å². The zero-order valence-electron chi connectivity index (χ0n) is 16.7. The maximum Gasteiger partial charge on any atom is 0.516 e. The van der Waals surface area contributed by atoms with Gasteiger partial charge in [-0.15, -0.1) is 0 Å². The molecule has 1 amide bonds. The smallest absolute Gasteiger partial charge is 0.444 e. The van der Waals surface area contributed by atoms with Crippen LogP contribution in [-0.4, -0.2) is 58.0 Å². The second-order valence-corrected chi connectivity index (χ2v) is 9.04. The first kappa shape index (κ1) is 19.1. The quantitative estimate of drug-likeness (QED) is 0.752. The Morgan fingerprint density at radius 1 is 1.15 bits per heavy atom. The highest BCUT2D eigenvalue weighted by molar-refractivity contribution is 6.61. The number of amides is 1. The van der Waals surface area contributed by atoms with Crippen LogP contribution in [0.3, 0.4) is 0 Å². The van der Waals surface area contributed by atoms with Crippen molar-refractivity contribution in [3.05, 3.63) is 18.1 Å². The van der Waals surface area contributed by atoms with Crippen molar-refractivity contribution in [1.29, 1.82) is 0 Å².